The highest BCUT2D eigenvalue weighted by Crippen LogP contribution is 2.21. The molecule has 1 unspecified atom stereocenters. The highest BCUT2D eigenvalue weighted by Gasteiger charge is 2.19. The molecule has 0 amide bonds. The van der Waals surface area contributed by atoms with Crippen molar-refractivity contribution in [1.29, 1.82) is 0 Å². The van der Waals surface area contributed by atoms with Crippen molar-refractivity contribution in [2.45, 2.75) is 23.6 Å². The Morgan fingerprint density at radius 1 is 1.61 bits per heavy atom. The Morgan fingerprint density at radius 2 is 2.28 bits per heavy atom. The lowest BCUT2D eigenvalue weighted by Crippen LogP contribution is -2.32. The fraction of sp³-hybridized carbons (Fsp3) is 0.500. The Labute approximate surface area is 116 Å². The summed E-state index contributed by atoms with van der Waals surface area (Å²) in [5.74, 6) is 0. The molecule has 1 atom stereocenters. The fourth-order valence-corrected chi connectivity index (χ4v) is 3.92. The minimum atomic E-state index is -3.50. The second-order valence-electron chi connectivity index (χ2n) is 3.79. The fourth-order valence-electron chi connectivity index (χ4n) is 1.27. The van der Waals surface area contributed by atoms with Crippen LogP contribution in [0.1, 0.15) is 18.2 Å². The Morgan fingerprint density at radius 3 is 2.78 bits per heavy atom. The smallest absolute Gasteiger partial charge is 0.250 e. The van der Waals surface area contributed by atoms with Gasteiger partial charge in [-0.15, -0.1) is 11.3 Å². The normalized spacial score (nSPS) is 13.4. The molecule has 0 saturated carbocycles. The highest BCUT2D eigenvalue weighted by atomic mass is 32.2. The quantitative estimate of drug-likeness (QED) is 0.737. The molecule has 0 bridgehead atoms. The van der Waals surface area contributed by atoms with E-state index < -0.39 is 10.0 Å². The van der Waals surface area contributed by atoms with Crippen molar-refractivity contribution in [3.8, 4) is 0 Å². The van der Waals surface area contributed by atoms with Crippen molar-refractivity contribution in [3.05, 3.63) is 17.0 Å². The molecule has 0 aliphatic heterocycles. The summed E-state index contributed by atoms with van der Waals surface area (Å²) in [5, 5.41) is 0. The van der Waals surface area contributed by atoms with E-state index in [-0.39, 0.29) is 15.2 Å². The average Bonchev–Trinajstić information content (AvgIpc) is 2.75. The molecule has 1 aromatic heterocycles. The molecule has 0 radical (unpaired) electrons. The van der Waals surface area contributed by atoms with Crippen LogP contribution in [0.25, 0.3) is 0 Å². The largest absolute Gasteiger partial charge is 0.389 e. The summed E-state index contributed by atoms with van der Waals surface area (Å²) in [7, 11) is -1.93. The predicted octanol–water partition coefficient (Wildman–Crippen LogP) is 1.09. The van der Waals surface area contributed by atoms with Gasteiger partial charge in [-0.3, -0.25) is 0 Å². The van der Waals surface area contributed by atoms with E-state index in [1.165, 1.54) is 6.07 Å². The standard InChI is InChI=1S/C10H16N2O3S3/c1-7(5-6-15-2)12-18(13,14)9-4-3-8(17-9)10(11)16/h3-4,7,12H,5-6H2,1-2H3,(H2,11,16). The first-order valence-electron chi connectivity index (χ1n) is 5.27. The summed E-state index contributed by atoms with van der Waals surface area (Å²) in [6.07, 6.45) is 0.614. The molecule has 1 heterocycles. The van der Waals surface area contributed by atoms with Crippen molar-refractivity contribution < 1.29 is 13.2 Å². The third-order valence-corrected chi connectivity index (χ3v) is 5.75. The predicted molar refractivity (Wildman–Crippen MR) is 76.5 cm³/mol. The van der Waals surface area contributed by atoms with Crippen LogP contribution in [0, 0.1) is 0 Å². The third-order valence-electron chi connectivity index (χ3n) is 2.20. The summed E-state index contributed by atoms with van der Waals surface area (Å²) in [4.78, 5) is 0.795. The van der Waals surface area contributed by atoms with E-state index in [0.29, 0.717) is 17.9 Å². The minimum absolute atomic E-state index is 0.190. The molecule has 0 aliphatic rings. The summed E-state index contributed by atoms with van der Waals surface area (Å²) in [6.45, 7) is 2.30. The topological polar surface area (TPSA) is 81.4 Å². The monoisotopic (exact) mass is 308 g/mol. The van der Waals surface area contributed by atoms with Crippen LogP contribution in [0.15, 0.2) is 16.3 Å². The number of hydrogen-bond donors (Lipinski definition) is 2. The van der Waals surface area contributed by atoms with E-state index in [2.05, 4.69) is 4.72 Å². The van der Waals surface area contributed by atoms with Gasteiger partial charge in [-0.25, -0.2) is 13.1 Å². The maximum Gasteiger partial charge on any atom is 0.250 e. The molecule has 0 aromatic carbocycles. The molecule has 3 N–H and O–H groups in total. The van der Waals surface area contributed by atoms with Crippen molar-refractivity contribution in [2.75, 3.05) is 13.7 Å². The van der Waals surface area contributed by atoms with Crippen LogP contribution < -0.4 is 10.5 Å². The zero-order valence-corrected chi connectivity index (χ0v) is 12.6. The van der Waals surface area contributed by atoms with E-state index in [4.69, 9.17) is 22.7 Å². The molecule has 0 spiro atoms. The van der Waals surface area contributed by atoms with E-state index in [0.717, 1.165) is 11.3 Å². The second-order valence-corrected chi connectivity index (χ2v) is 7.25. The van der Waals surface area contributed by atoms with Gasteiger partial charge in [-0.1, -0.05) is 12.2 Å². The Balaban J connectivity index is 2.76. The first kappa shape index (κ1) is 15.5. The van der Waals surface area contributed by atoms with Gasteiger partial charge in [0.25, 0.3) is 0 Å². The number of thiophene rings is 1. The Kier molecular flexibility index (Phi) is 5.67. The molecule has 102 valence electrons. The molecule has 0 aliphatic carbocycles. The van der Waals surface area contributed by atoms with Crippen LogP contribution in [0.2, 0.25) is 0 Å². The SMILES string of the molecule is COCCC(C)NS(=O)(=O)c1ccc(C(N)=S)s1. The molecule has 18 heavy (non-hydrogen) atoms. The molecule has 1 rings (SSSR count). The van der Waals surface area contributed by atoms with Crippen LogP contribution in [-0.2, 0) is 14.8 Å². The maximum atomic E-state index is 12.0. The number of methoxy groups -OCH3 is 1. The van der Waals surface area contributed by atoms with E-state index in [9.17, 15) is 8.42 Å². The second kappa shape index (κ2) is 6.58. The van der Waals surface area contributed by atoms with Crippen LogP contribution in [0.5, 0.6) is 0 Å². The third kappa shape index (κ3) is 4.29. The Bertz CT molecular complexity index is 510. The van der Waals surface area contributed by atoms with Crippen molar-refractivity contribution in [3.63, 3.8) is 0 Å². The van der Waals surface area contributed by atoms with Crippen LogP contribution in [0.3, 0.4) is 0 Å². The number of nitrogens with one attached hydrogen (secondary N) is 1. The van der Waals surface area contributed by atoms with Gasteiger partial charge in [-0.2, -0.15) is 0 Å². The average molecular weight is 308 g/mol. The van der Waals surface area contributed by atoms with Gasteiger partial charge in [0.2, 0.25) is 10.0 Å². The molecule has 8 heteroatoms. The van der Waals surface area contributed by atoms with Crippen molar-refractivity contribution >= 4 is 38.6 Å². The molecule has 5 nitrogen and oxygen atoms in total. The van der Waals surface area contributed by atoms with Gasteiger partial charge in [0, 0.05) is 19.8 Å². The minimum Gasteiger partial charge on any atom is -0.389 e. The van der Waals surface area contributed by atoms with Gasteiger partial charge in [0.05, 0.1) is 4.88 Å². The highest BCUT2D eigenvalue weighted by molar-refractivity contribution is 7.91. The van der Waals surface area contributed by atoms with Gasteiger partial charge in [0.1, 0.15) is 9.20 Å². The number of nitrogens with two attached hydrogens (primary N) is 1. The number of thiocarbonyl (C=S) groups is 1. The zero-order valence-electron chi connectivity index (χ0n) is 10.2. The first-order valence-corrected chi connectivity index (χ1v) is 7.98. The van der Waals surface area contributed by atoms with E-state index >= 15 is 0 Å². The molecular weight excluding hydrogens is 292 g/mol. The number of ether oxygens (including phenoxy) is 1. The van der Waals surface area contributed by atoms with E-state index in [1.807, 2.05) is 0 Å². The van der Waals surface area contributed by atoms with Crippen LogP contribution in [-0.4, -0.2) is 33.2 Å². The lowest BCUT2D eigenvalue weighted by atomic mass is 10.3. The number of rotatable bonds is 7. The van der Waals surface area contributed by atoms with Gasteiger partial charge >= 0.3 is 0 Å². The lowest BCUT2D eigenvalue weighted by molar-refractivity contribution is 0.188. The van der Waals surface area contributed by atoms with Crippen LogP contribution >= 0.6 is 23.6 Å². The summed E-state index contributed by atoms with van der Waals surface area (Å²) in [6, 6.07) is 2.93. The van der Waals surface area contributed by atoms with Gasteiger partial charge in [-0.05, 0) is 25.5 Å². The first-order chi connectivity index (χ1) is 8.36. The summed E-state index contributed by atoms with van der Waals surface area (Å²) < 4.78 is 31.7. The lowest BCUT2D eigenvalue weighted by Gasteiger charge is -2.12. The van der Waals surface area contributed by atoms with E-state index in [1.54, 1.807) is 20.1 Å². The molecule has 0 saturated heterocycles. The van der Waals surface area contributed by atoms with Crippen molar-refractivity contribution in [2.24, 2.45) is 5.73 Å². The number of hydrogen-bond acceptors (Lipinski definition) is 5. The number of sulfonamides is 1. The zero-order chi connectivity index (χ0) is 13.8. The van der Waals surface area contributed by atoms with Crippen LogP contribution in [0.4, 0.5) is 0 Å². The molecule has 1 aromatic rings. The maximum absolute atomic E-state index is 12.0. The molecular formula is C10H16N2O3S3. The van der Waals surface area contributed by atoms with Gasteiger partial charge in [0.15, 0.2) is 0 Å². The van der Waals surface area contributed by atoms with Crippen molar-refractivity contribution in [1.82, 2.24) is 4.72 Å². The summed E-state index contributed by atoms with van der Waals surface area (Å²) in [5.41, 5.74) is 5.45. The van der Waals surface area contributed by atoms with Gasteiger partial charge < -0.3 is 10.5 Å². The molecule has 0 fully saturated rings. The Hall–Kier alpha value is -0.540. The summed E-state index contributed by atoms with van der Waals surface area (Å²) >= 11 is 5.87.